The molecule has 0 saturated carbocycles. The number of carbonyl (C=O) groups is 2. The van der Waals surface area contributed by atoms with Crippen LogP contribution in [0.1, 0.15) is 23.6 Å². The Bertz CT molecular complexity index is 1670. The molecule has 4 rings (SSSR count). The second-order valence-electron chi connectivity index (χ2n) is 10.2. The molecule has 0 aliphatic rings. The van der Waals surface area contributed by atoms with Crippen molar-refractivity contribution in [2.24, 2.45) is 0 Å². The van der Waals surface area contributed by atoms with Gasteiger partial charge in [-0.3, -0.25) is 13.9 Å². The summed E-state index contributed by atoms with van der Waals surface area (Å²) in [6.45, 7) is 3.61. The van der Waals surface area contributed by atoms with Crippen molar-refractivity contribution in [3.63, 3.8) is 0 Å². The van der Waals surface area contributed by atoms with E-state index in [1.807, 2.05) is 68.4 Å². The summed E-state index contributed by atoms with van der Waals surface area (Å²) in [7, 11) is -2.87. The number of nitrogens with zero attached hydrogens (tertiary/aromatic N) is 2. The molecule has 0 saturated heterocycles. The van der Waals surface area contributed by atoms with Crippen LogP contribution in [0.4, 0.5) is 5.69 Å². The second kappa shape index (κ2) is 14.9. The molecule has 44 heavy (non-hydrogen) atoms. The Morgan fingerprint density at radius 3 is 2.14 bits per heavy atom. The van der Waals surface area contributed by atoms with Gasteiger partial charge in [0.1, 0.15) is 18.3 Å². The van der Waals surface area contributed by atoms with Crippen molar-refractivity contribution in [1.29, 1.82) is 0 Å². The summed E-state index contributed by atoms with van der Waals surface area (Å²) >= 11 is 6.32. The van der Waals surface area contributed by atoms with Crippen LogP contribution >= 0.6 is 11.6 Å². The van der Waals surface area contributed by atoms with Gasteiger partial charge in [0.15, 0.2) is 0 Å². The van der Waals surface area contributed by atoms with Crippen LogP contribution in [0, 0.1) is 6.92 Å². The molecule has 0 fully saturated rings. The fraction of sp³-hybridized carbons (Fsp3) is 0.235. The van der Waals surface area contributed by atoms with Gasteiger partial charge in [0.2, 0.25) is 11.8 Å². The van der Waals surface area contributed by atoms with Gasteiger partial charge in [0.05, 0.1) is 17.7 Å². The van der Waals surface area contributed by atoms with Crippen molar-refractivity contribution in [3.8, 4) is 5.75 Å². The normalized spacial score (nSPS) is 11.8. The number of hydrogen-bond donors (Lipinski definition) is 1. The number of nitrogens with one attached hydrogen (secondary N) is 1. The van der Waals surface area contributed by atoms with Gasteiger partial charge in [0, 0.05) is 24.5 Å². The van der Waals surface area contributed by atoms with Crippen molar-refractivity contribution in [3.05, 3.63) is 125 Å². The molecule has 0 aliphatic carbocycles. The van der Waals surface area contributed by atoms with E-state index in [0.717, 1.165) is 21.0 Å². The highest BCUT2D eigenvalue weighted by molar-refractivity contribution is 7.92. The highest BCUT2D eigenvalue weighted by Gasteiger charge is 2.35. The molecule has 230 valence electrons. The fourth-order valence-electron chi connectivity index (χ4n) is 4.83. The summed E-state index contributed by atoms with van der Waals surface area (Å²) < 4.78 is 34.8. The number of likely N-dealkylation sites (N-methyl/N-ethyl adjacent to an activating group) is 1. The maximum atomic E-state index is 14.5. The quantitative estimate of drug-likeness (QED) is 0.206. The third-order valence-electron chi connectivity index (χ3n) is 7.12. The minimum atomic E-state index is -4.28. The smallest absolute Gasteiger partial charge is 0.264 e. The van der Waals surface area contributed by atoms with E-state index in [2.05, 4.69) is 5.32 Å². The van der Waals surface area contributed by atoms with Gasteiger partial charge in [-0.25, -0.2) is 8.42 Å². The van der Waals surface area contributed by atoms with Crippen LogP contribution in [-0.4, -0.2) is 51.4 Å². The largest absolute Gasteiger partial charge is 0.495 e. The lowest BCUT2D eigenvalue weighted by molar-refractivity contribution is -0.140. The van der Waals surface area contributed by atoms with E-state index in [-0.39, 0.29) is 40.2 Å². The van der Waals surface area contributed by atoms with Crippen LogP contribution in [0.2, 0.25) is 5.02 Å². The maximum absolute atomic E-state index is 14.5. The molecule has 1 N–H and O–H groups in total. The fourth-order valence-corrected chi connectivity index (χ4v) is 6.43. The SMILES string of the molecule is CCNC(=O)[C@H](Cc1ccccc1)N(Cc1ccc(C)cc1)C(=O)CN(c1cc(Cl)ccc1OC)S(=O)(=O)c1ccccc1. The first kappa shape index (κ1) is 32.6. The van der Waals surface area contributed by atoms with Gasteiger partial charge in [-0.1, -0.05) is 90.0 Å². The van der Waals surface area contributed by atoms with Crippen LogP contribution in [0.25, 0.3) is 0 Å². The number of halogens is 1. The zero-order valence-corrected chi connectivity index (χ0v) is 26.5. The monoisotopic (exact) mass is 633 g/mol. The zero-order chi connectivity index (χ0) is 31.7. The van der Waals surface area contributed by atoms with E-state index in [1.165, 1.54) is 30.2 Å². The predicted octanol–water partition coefficient (Wildman–Crippen LogP) is 5.63. The van der Waals surface area contributed by atoms with Gasteiger partial charge < -0.3 is 15.0 Å². The lowest BCUT2D eigenvalue weighted by Crippen LogP contribution is -2.53. The average Bonchev–Trinajstić information content (AvgIpc) is 3.03. The van der Waals surface area contributed by atoms with Crippen molar-refractivity contribution >= 4 is 39.1 Å². The highest BCUT2D eigenvalue weighted by atomic mass is 35.5. The molecule has 0 bridgehead atoms. The van der Waals surface area contributed by atoms with E-state index in [1.54, 1.807) is 30.3 Å². The molecule has 0 unspecified atom stereocenters. The highest BCUT2D eigenvalue weighted by Crippen LogP contribution is 2.35. The molecule has 0 spiro atoms. The zero-order valence-electron chi connectivity index (χ0n) is 24.9. The molecule has 4 aromatic carbocycles. The number of carbonyl (C=O) groups excluding carboxylic acids is 2. The first-order valence-electron chi connectivity index (χ1n) is 14.2. The first-order chi connectivity index (χ1) is 21.1. The van der Waals surface area contributed by atoms with Gasteiger partial charge in [-0.15, -0.1) is 0 Å². The number of amides is 2. The number of hydrogen-bond acceptors (Lipinski definition) is 5. The summed E-state index contributed by atoms with van der Waals surface area (Å²) in [4.78, 5) is 29.5. The van der Waals surface area contributed by atoms with Crippen molar-refractivity contribution in [2.75, 3.05) is 24.5 Å². The second-order valence-corrected chi connectivity index (χ2v) is 12.5. The summed E-state index contributed by atoms with van der Waals surface area (Å²) in [5, 5.41) is 3.13. The van der Waals surface area contributed by atoms with Crippen molar-refractivity contribution in [2.45, 2.75) is 37.8 Å². The molecular formula is C34H36ClN3O5S. The topological polar surface area (TPSA) is 96.0 Å². The Balaban J connectivity index is 1.83. The summed E-state index contributed by atoms with van der Waals surface area (Å²) in [5.74, 6) is -0.690. The number of sulfonamides is 1. The Morgan fingerprint density at radius 2 is 1.52 bits per heavy atom. The van der Waals surface area contributed by atoms with Crippen LogP contribution in [-0.2, 0) is 32.6 Å². The van der Waals surface area contributed by atoms with Gasteiger partial charge in [-0.2, -0.15) is 0 Å². The standard InChI is InChI=1S/C34H36ClN3O5S/c1-4-36-34(40)31(21-26-11-7-5-8-12-26)37(23-27-17-15-25(2)16-18-27)33(39)24-38(30-22-28(35)19-20-32(30)43-3)44(41,42)29-13-9-6-10-14-29/h5-20,22,31H,4,21,23-24H2,1-3H3,(H,36,40)/t31-/m0/s1. The number of ether oxygens (including phenoxy) is 1. The van der Waals surface area contributed by atoms with E-state index in [9.17, 15) is 18.0 Å². The summed E-state index contributed by atoms with van der Waals surface area (Å²) in [5.41, 5.74) is 2.80. The molecule has 0 aliphatic heterocycles. The minimum absolute atomic E-state index is 0.00975. The number of methoxy groups -OCH3 is 1. The van der Waals surface area contributed by atoms with Gasteiger partial charge >= 0.3 is 0 Å². The number of anilines is 1. The van der Waals surface area contributed by atoms with Crippen molar-refractivity contribution < 1.29 is 22.7 Å². The molecular weight excluding hydrogens is 598 g/mol. The van der Waals surface area contributed by atoms with Gasteiger partial charge in [-0.05, 0) is 55.3 Å². The number of aryl methyl sites for hydroxylation is 1. The molecule has 4 aromatic rings. The Morgan fingerprint density at radius 1 is 0.886 bits per heavy atom. The predicted molar refractivity (Wildman–Crippen MR) is 173 cm³/mol. The third kappa shape index (κ3) is 7.98. The van der Waals surface area contributed by atoms with Crippen LogP contribution in [0.5, 0.6) is 5.75 Å². The minimum Gasteiger partial charge on any atom is -0.495 e. The van der Waals surface area contributed by atoms with E-state index < -0.39 is 28.5 Å². The molecule has 0 heterocycles. The average molecular weight is 634 g/mol. The molecule has 2 amide bonds. The Hall–Kier alpha value is -4.34. The molecule has 0 radical (unpaired) electrons. The molecule has 10 heteroatoms. The van der Waals surface area contributed by atoms with Crippen LogP contribution in [0.3, 0.4) is 0 Å². The number of benzene rings is 4. The first-order valence-corrected chi connectivity index (χ1v) is 16.0. The van der Waals surface area contributed by atoms with E-state index >= 15 is 0 Å². The lowest BCUT2D eigenvalue weighted by Gasteiger charge is -2.34. The summed E-state index contributed by atoms with van der Waals surface area (Å²) in [6, 6.07) is 28.5. The van der Waals surface area contributed by atoms with E-state index in [4.69, 9.17) is 16.3 Å². The molecule has 8 nitrogen and oxygen atoms in total. The van der Waals surface area contributed by atoms with Crippen LogP contribution in [0.15, 0.2) is 108 Å². The molecule has 0 aromatic heterocycles. The number of rotatable bonds is 13. The maximum Gasteiger partial charge on any atom is 0.264 e. The third-order valence-corrected chi connectivity index (χ3v) is 9.12. The van der Waals surface area contributed by atoms with Gasteiger partial charge in [0.25, 0.3) is 10.0 Å². The Kier molecular flexibility index (Phi) is 11.0. The summed E-state index contributed by atoms with van der Waals surface area (Å²) in [6.07, 6.45) is 0.232. The molecule has 1 atom stereocenters. The van der Waals surface area contributed by atoms with Crippen molar-refractivity contribution in [1.82, 2.24) is 10.2 Å². The van der Waals surface area contributed by atoms with Crippen LogP contribution < -0.4 is 14.4 Å². The Labute approximate surface area is 264 Å². The van der Waals surface area contributed by atoms with E-state index in [0.29, 0.717) is 6.54 Å². The lowest BCUT2D eigenvalue weighted by atomic mass is 10.0.